The lowest BCUT2D eigenvalue weighted by Gasteiger charge is -2.13. The third-order valence-corrected chi connectivity index (χ3v) is 8.80. The highest BCUT2D eigenvalue weighted by Gasteiger charge is 2.10. The molecule has 0 amide bonds. The maximum Gasteiger partial charge on any atom is 0.175 e. The maximum absolute atomic E-state index is 11.3. The minimum atomic E-state index is -4.79. The molecule has 10 nitrogen and oxygen atoms in total. The Morgan fingerprint density at radius 2 is 0.769 bits per heavy atom. The van der Waals surface area contributed by atoms with Crippen LogP contribution in [0.15, 0.2) is 168 Å². The molecule has 0 spiro atoms. The van der Waals surface area contributed by atoms with E-state index in [9.17, 15) is 25.9 Å². The summed E-state index contributed by atoms with van der Waals surface area (Å²) in [6.07, 6.45) is 18.7. The van der Waals surface area contributed by atoms with Crippen molar-refractivity contribution in [1.82, 2.24) is 0 Å². The number of hydrogen-bond acceptors (Lipinski definition) is 8. The molecule has 0 radical (unpaired) electrons. The van der Waals surface area contributed by atoms with Crippen LogP contribution in [0.4, 0.5) is 11.4 Å². The average molecular weight is 733 g/mol. The SMILES string of the molecule is C(=C[n+]1ccccc1)c1ccccc1.C(=C[n+]1ccccc1)c1ccccc1.Nc1ccc(C=Cc2ccc(N)cc2S(=O)(=O)[O-])c(S(=O)(=O)[O-])c1. The molecule has 0 atom stereocenters. The van der Waals surface area contributed by atoms with Gasteiger partial charge in [0.1, 0.15) is 20.2 Å². The molecule has 4 N–H and O–H groups in total. The number of pyridine rings is 2. The van der Waals surface area contributed by atoms with Gasteiger partial charge in [0.15, 0.2) is 37.2 Å². The van der Waals surface area contributed by atoms with Crippen LogP contribution < -0.4 is 20.6 Å². The molecule has 264 valence electrons. The number of hydrogen-bond donors (Lipinski definition) is 2. The van der Waals surface area contributed by atoms with Crippen molar-refractivity contribution in [3.63, 3.8) is 0 Å². The average Bonchev–Trinajstić information content (AvgIpc) is 3.14. The second kappa shape index (κ2) is 18.7. The summed E-state index contributed by atoms with van der Waals surface area (Å²) in [6, 6.07) is 39.9. The van der Waals surface area contributed by atoms with Crippen LogP contribution in [0.2, 0.25) is 0 Å². The van der Waals surface area contributed by atoms with E-state index in [-0.39, 0.29) is 22.5 Å². The van der Waals surface area contributed by atoms with Gasteiger partial charge in [-0.3, -0.25) is 0 Å². The number of aromatic nitrogens is 2. The Balaban J connectivity index is 0.000000185. The number of nitrogens with two attached hydrogens (primary N) is 2. The fourth-order valence-corrected chi connectivity index (χ4v) is 5.90. The maximum atomic E-state index is 11.3. The van der Waals surface area contributed by atoms with Crippen LogP contribution in [0.1, 0.15) is 22.3 Å². The Morgan fingerprint density at radius 3 is 1.10 bits per heavy atom. The van der Waals surface area contributed by atoms with Crippen LogP contribution in [-0.2, 0) is 20.2 Å². The summed E-state index contributed by atoms with van der Waals surface area (Å²) in [5, 5.41) is 0. The molecule has 52 heavy (non-hydrogen) atoms. The predicted molar refractivity (Wildman–Crippen MR) is 203 cm³/mol. The van der Waals surface area contributed by atoms with Gasteiger partial charge in [0.2, 0.25) is 0 Å². The first-order valence-corrected chi connectivity index (χ1v) is 18.5. The van der Waals surface area contributed by atoms with Crippen LogP contribution >= 0.6 is 0 Å². The van der Waals surface area contributed by atoms with E-state index in [1.54, 1.807) is 0 Å². The van der Waals surface area contributed by atoms with Gasteiger partial charge in [-0.05, 0) is 46.5 Å². The number of rotatable bonds is 8. The highest BCUT2D eigenvalue weighted by atomic mass is 32.2. The van der Waals surface area contributed by atoms with E-state index in [0.29, 0.717) is 0 Å². The Bertz CT molecular complexity index is 2100. The van der Waals surface area contributed by atoms with Crippen LogP contribution in [0, 0.1) is 0 Å². The van der Waals surface area contributed by atoms with E-state index < -0.39 is 30.0 Å². The summed E-state index contributed by atoms with van der Waals surface area (Å²) in [5.74, 6) is 0. The minimum Gasteiger partial charge on any atom is -0.744 e. The molecule has 2 aromatic heterocycles. The second-order valence-corrected chi connectivity index (χ2v) is 13.6. The molecule has 6 aromatic rings. The lowest BCUT2D eigenvalue weighted by Crippen LogP contribution is -2.23. The lowest BCUT2D eigenvalue weighted by molar-refractivity contribution is -0.567. The molecule has 0 aliphatic carbocycles. The zero-order chi connectivity index (χ0) is 37.4. The van der Waals surface area contributed by atoms with Crippen molar-refractivity contribution in [2.75, 3.05) is 11.5 Å². The smallest absolute Gasteiger partial charge is 0.175 e. The summed E-state index contributed by atoms with van der Waals surface area (Å²) in [4.78, 5) is -1.11. The number of nitrogen functional groups attached to an aromatic ring is 2. The molecular formula is C40H36N4O6S2. The lowest BCUT2D eigenvalue weighted by atomic mass is 10.1. The summed E-state index contributed by atoms with van der Waals surface area (Å²) in [7, 11) is -9.57. The molecule has 0 saturated carbocycles. The van der Waals surface area contributed by atoms with Gasteiger partial charge in [-0.25, -0.2) is 16.8 Å². The van der Waals surface area contributed by atoms with Gasteiger partial charge in [0, 0.05) is 47.8 Å². The molecular weight excluding hydrogens is 697 g/mol. The van der Waals surface area contributed by atoms with Crippen molar-refractivity contribution in [2.24, 2.45) is 0 Å². The number of benzene rings is 4. The molecule has 0 fully saturated rings. The predicted octanol–water partition coefficient (Wildman–Crippen LogP) is 6.03. The van der Waals surface area contributed by atoms with E-state index >= 15 is 0 Å². The normalized spacial score (nSPS) is 11.5. The molecule has 12 heteroatoms. The Hall–Kier alpha value is -6.18. The molecule has 2 heterocycles. The van der Waals surface area contributed by atoms with E-state index in [4.69, 9.17) is 11.5 Å². The van der Waals surface area contributed by atoms with E-state index in [1.807, 2.05) is 119 Å². The monoisotopic (exact) mass is 732 g/mol. The van der Waals surface area contributed by atoms with Gasteiger partial charge in [-0.15, -0.1) is 0 Å². The third kappa shape index (κ3) is 12.9. The fraction of sp³-hybridized carbons (Fsp3) is 0. The molecule has 0 unspecified atom stereocenters. The molecule has 4 aromatic carbocycles. The minimum absolute atomic E-state index is 0.00488. The first-order chi connectivity index (χ1) is 24.9. The molecule has 0 aliphatic rings. The van der Waals surface area contributed by atoms with Crippen molar-refractivity contribution < 1.29 is 35.1 Å². The standard InChI is InChI=1S/C14H14N2O6S2.2C13H12N/c15-11-5-3-9(13(7-11)23(17,18)19)1-2-10-4-6-12(16)8-14(10)24(20,21)22;2*1-3-7-13(8-4-1)9-12-14-10-5-2-6-11-14/h1-8H,15-16H2,(H,17,18,19)(H,20,21,22);2*1-12H/q;2*+1/p-2. The first kappa shape index (κ1) is 38.6. The van der Waals surface area contributed by atoms with Crippen molar-refractivity contribution >= 4 is 68.3 Å². The Kier molecular flexibility index (Phi) is 13.9. The topological polar surface area (TPSA) is 174 Å². The number of anilines is 2. The Morgan fingerprint density at radius 1 is 0.442 bits per heavy atom. The van der Waals surface area contributed by atoms with Gasteiger partial charge in [0.05, 0.1) is 9.79 Å². The summed E-state index contributed by atoms with van der Waals surface area (Å²) in [5.41, 5.74) is 13.5. The van der Waals surface area contributed by atoms with E-state index in [0.717, 1.165) is 12.1 Å². The molecule has 0 aliphatic heterocycles. The second-order valence-electron chi connectivity index (χ2n) is 10.9. The quantitative estimate of drug-likeness (QED) is 0.0825. The zero-order valence-corrected chi connectivity index (χ0v) is 29.4. The van der Waals surface area contributed by atoms with Crippen LogP contribution in [0.3, 0.4) is 0 Å². The van der Waals surface area contributed by atoms with Crippen LogP contribution in [-0.4, -0.2) is 25.9 Å². The summed E-state index contributed by atoms with van der Waals surface area (Å²) in [6.45, 7) is 0. The van der Waals surface area contributed by atoms with Crippen LogP contribution in [0.5, 0.6) is 0 Å². The fourth-order valence-electron chi connectivity index (χ4n) is 4.49. The summed E-state index contributed by atoms with van der Waals surface area (Å²) < 4.78 is 71.7. The zero-order valence-electron chi connectivity index (χ0n) is 27.8. The summed E-state index contributed by atoms with van der Waals surface area (Å²) >= 11 is 0. The highest BCUT2D eigenvalue weighted by molar-refractivity contribution is 7.86. The largest absolute Gasteiger partial charge is 0.744 e. The third-order valence-electron chi connectivity index (χ3n) is 7.01. The highest BCUT2D eigenvalue weighted by Crippen LogP contribution is 2.24. The van der Waals surface area contributed by atoms with Gasteiger partial charge in [-0.2, -0.15) is 9.13 Å². The van der Waals surface area contributed by atoms with Gasteiger partial charge >= 0.3 is 0 Å². The van der Waals surface area contributed by atoms with Gasteiger partial charge in [-0.1, -0.05) is 97.1 Å². The van der Waals surface area contributed by atoms with E-state index in [1.165, 1.54) is 47.5 Å². The van der Waals surface area contributed by atoms with Crippen molar-refractivity contribution in [3.8, 4) is 0 Å². The number of nitrogens with zero attached hydrogens (tertiary/aromatic N) is 2. The molecule has 0 bridgehead atoms. The Labute approximate surface area is 304 Å². The van der Waals surface area contributed by atoms with Crippen molar-refractivity contribution in [1.29, 1.82) is 0 Å². The first-order valence-electron chi connectivity index (χ1n) is 15.7. The molecule has 6 rings (SSSR count). The van der Waals surface area contributed by atoms with Gasteiger partial charge < -0.3 is 20.6 Å². The van der Waals surface area contributed by atoms with Crippen molar-refractivity contribution in [2.45, 2.75) is 9.79 Å². The van der Waals surface area contributed by atoms with E-state index in [2.05, 4.69) is 36.4 Å². The van der Waals surface area contributed by atoms with Gasteiger partial charge in [0.25, 0.3) is 0 Å². The van der Waals surface area contributed by atoms with Crippen LogP contribution in [0.25, 0.3) is 36.7 Å². The molecule has 0 saturated heterocycles. The van der Waals surface area contributed by atoms with Crippen molar-refractivity contribution in [3.05, 3.63) is 181 Å².